The molecule has 0 aromatic carbocycles. The summed E-state index contributed by atoms with van der Waals surface area (Å²) in [6, 6.07) is 4.08. The molecule has 1 N–H and O–H groups in total. The van der Waals surface area contributed by atoms with E-state index in [0.717, 1.165) is 64.6 Å². The van der Waals surface area contributed by atoms with Crippen molar-refractivity contribution in [2.75, 3.05) is 31.3 Å². The number of amides is 2. The van der Waals surface area contributed by atoms with Crippen LogP contribution < -0.4 is 10.2 Å². The number of piperidine rings is 1. The number of anilines is 1. The summed E-state index contributed by atoms with van der Waals surface area (Å²) in [7, 11) is 1.85. The van der Waals surface area contributed by atoms with Crippen molar-refractivity contribution in [3.8, 4) is 11.3 Å². The van der Waals surface area contributed by atoms with Gasteiger partial charge in [0.15, 0.2) is 5.16 Å². The van der Waals surface area contributed by atoms with Crippen molar-refractivity contribution in [3.63, 3.8) is 0 Å². The maximum Gasteiger partial charge on any atom is 0.324 e. The quantitative estimate of drug-likeness (QED) is 0.514. The Kier molecular flexibility index (Phi) is 5.00. The second-order valence-corrected chi connectivity index (χ2v) is 8.42. The van der Waals surface area contributed by atoms with Gasteiger partial charge in [-0.2, -0.15) is 0 Å². The zero-order valence-electron chi connectivity index (χ0n) is 17.0. The Morgan fingerprint density at radius 2 is 1.87 bits per heavy atom. The third-order valence-corrected chi connectivity index (χ3v) is 6.30. The monoisotopic (exact) mass is 421 g/mol. The van der Waals surface area contributed by atoms with Crippen molar-refractivity contribution in [1.82, 2.24) is 30.2 Å². The van der Waals surface area contributed by atoms with E-state index in [1.807, 2.05) is 36.5 Å². The van der Waals surface area contributed by atoms with Gasteiger partial charge in [-0.05, 0) is 44.3 Å². The number of fused-ring (bicyclic) bond motifs is 3. The van der Waals surface area contributed by atoms with Gasteiger partial charge in [0.05, 0.1) is 23.4 Å². The van der Waals surface area contributed by atoms with Crippen molar-refractivity contribution in [2.45, 2.75) is 30.6 Å². The van der Waals surface area contributed by atoms with Gasteiger partial charge in [-0.3, -0.25) is 9.88 Å². The number of carbonyl (C=O) groups is 1. The summed E-state index contributed by atoms with van der Waals surface area (Å²) in [6.45, 7) is 2.36. The Balaban J connectivity index is 1.66. The van der Waals surface area contributed by atoms with E-state index in [1.165, 1.54) is 11.8 Å². The number of nitrogens with zero attached hydrogens (tertiary/aromatic N) is 6. The molecule has 0 atom stereocenters. The van der Waals surface area contributed by atoms with Gasteiger partial charge in [0.25, 0.3) is 0 Å². The highest BCUT2D eigenvalue weighted by Gasteiger charge is 2.36. The van der Waals surface area contributed by atoms with Crippen LogP contribution in [0.25, 0.3) is 22.3 Å². The maximum absolute atomic E-state index is 13.2. The van der Waals surface area contributed by atoms with Crippen molar-refractivity contribution < 1.29 is 4.79 Å². The molecule has 1 fully saturated rings. The van der Waals surface area contributed by atoms with Crippen molar-refractivity contribution in [2.24, 2.45) is 0 Å². The van der Waals surface area contributed by atoms with E-state index in [9.17, 15) is 4.79 Å². The number of rotatable bonds is 3. The minimum absolute atomic E-state index is 0.0294. The van der Waals surface area contributed by atoms with E-state index in [4.69, 9.17) is 4.98 Å². The van der Waals surface area contributed by atoms with Crippen LogP contribution in [0.2, 0.25) is 0 Å². The molecule has 2 aliphatic rings. The van der Waals surface area contributed by atoms with Crippen LogP contribution in [-0.4, -0.2) is 63.3 Å². The lowest BCUT2D eigenvalue weighted by atomic mass is 10.0. The summed E-state index contributed by atoms with van der Waals surface area (Å²) >= 11 is 1.50. The van der Waals surface area contributed by atoms with Crippen molar-refractivity contribution >= 4 is 34.5 Å². The summed E-state index contributed by atoms with van der Waals surface area (Å²) < 4.78 is 0. The lowest BCUT2D eigenvalue weighted by Gasteiger charge is -2.41. The zero-order chi connectivity index (χ0) is 20.7. The maximum atomic E-state index is 13.2. The van der Waals surface area contributed by atoms with Crippen LogP contribution in [0.5, 0.6) is 0 Å². The largest absolute Gasteiger partial charge is 0.324 e. The fourth-order valence-corrected chi connectivity index (χ4v) is 4.51. The topological polar surface area (TPSA) is 87.1 Å². The molecule has 1 saturated heterocycles. The summed E-state index contributed by atoms with van der Waals surface area (Å²) in [5, 5.41) is 4.11. The number of aromatic nitrogens is 4. The molecule has 5 heterocycles. The van der Waals surface area contributed by atoms with E-state index in [0.29, 0.717) is 6.54 Å². The minimum atomic E-state index is 0.0294. The Morgan fingerprint density at radius 3 is 2.60 bits per heavy atom. The number of pyridine rings is 2. The number of nitrogens with one attached hydrogen (secondary N) is 1. The molecule has 9 heteroatoms. The average molecular weight is 422 g/mol. The van der Waals surface area contributed by atoms with Gasteiger partial charge in [-0.25, -0.2) is 19.7 Å². The van der Waals surface area contributed by atoms with Gasteiger partial charge in [-0.1, -0.05) is 11.8 Å². The first-order valence-corrected chi connectivity index (χ1v) is 11.3. The highest BCUT2D eigenvalue weighted by molar-refractivity contribution is 7.98. The van der Waals surface area contributed by atoms with Crippen LogP contribution in [0.3, 0.4) is 0 Å². The molecule has 30 heavy (non-hydrogen) atoms. The predicted octanol–water partition coefficient (Wildman–Crippen LogP) is 2.93. The van der Waals surface area contributed by atoms with E-state index >= 15 is 0 Å². The third kappa shape index (κ3) is 3.27. The van der Waals surface area contributed by atoms with E-state index in [-0.39, 0.29) is 12.1 Å². The zero-order valence-corrected chi connectivity index (χ0v) is 17.8. The van der Waals surface area contributed by atoms with E-state index < -0.39 is 0 Å². The van der Waals surface area contributed by atoms with Gasteiger partial charge >= 0.3 is 6.03 Å². The van der Waals surface area contributed by atoms with Crippen LogP contribution in [0.4, 0.5) is 10.5 Å². The molecule has 2 amide bonds. The van der Waals surface area contributed by atoms with Gasteiger partial charge < -0.3 is 10.2 Å². The normalized spacial score (nSPS) is 17.5. The van der Waals surface area contributed by atoms with Gasteiger partial charge in [-0.15, -0.1) is 0 Å². The van der Waals surface area contributed by atoms with Gasteiger partial charge in [0, 0.05) is 42.8 Å². The molecule has 0 saturated carbocycles. The molecule has 0 unspecified atom stereocenters. The second-order valence-electron chi connectivity index (χ2n) is 7.64. The van der Waals surface area contributed by atoms with Crippen LogP contribution in [0.1, 0.15) is 18.4 Å². The van der Waals surface area contributed by atoms with Crippen LogP contribution >= 0.6 is 11.8 Å². The Bertz CT molecular complexity index is 1100. The average Bonchev–Trinajstić information content (AvgIpc) is 2.80. The van der Waals surface area contributed by atoms with Crippen molar-refractivity contribution in [3.05, 3.63) is 36.3 Å². The number of thioether (sulfide) groups is 1. The molecule has 5 rings (SSSR count). The summed E-state index contributed by atoms with van der Waals surface area (Å²) in [5.74, 6) is 0. The fraction of sp³-hybridized carbons (Fsp3) is 0.381. The Labute approximate surface area is 179 Å². The van der Waals surface area contributed by atoms with E-state index in [2.05, 4.69) is 20.3 Å². The molecule has 3 aromatic rings. The SMILES string of the molecule is CSc1ncc(-c2ccc3ncc4c(c3n2)N(C2CCNCC2)C(=O)N(C)C4)cn1. The second kappa shape index (κ2) is 7.81. The van der Waals surface area contributed by atoms with Crippen molar-refractivity contribution in [1.29, 1.82) is 0 Å². The molecule has 2 aliphatic heterocycles. The molecule has 0 aliphatic carbocycles. The number of hydrogen-bond donors (Lipinski definition) is 1. The summed E-state index contributed by atoms with van der Waals surface area (Å²) in [5.41, 5.74) is 5.11. The number of hydrogen-bond acceptors (Lipinski definition) is 7. The molecule has 154 valence electrons. The standard InChI is InChI=1S/C21H23N7OS/c1-27-12-14-11-23-17-4-3-16(13-9-24-20(30-2)25-10-13)26-18(17)19(14)28(21(27)29)15-5-7-22-8-6-15/h3-4,9-11,15,22H,5-8,12H2,1-2H3. The molecular weight excluding hydrogens is 398 g/mol. The Hall–Kier alpha value is -2.78. The minimum Gasteiger partial charge on any atom is -0.323 e. The highest BCUT2D eigenvalue weighted by Crippen LogP contribution is 2.37. The van der Waals surface area contributed by atoms with Gasteiger partial charge in [0.1, 0.15) is 5.52 Å². The van der Waals surface area contributed by atoms with Gasteiger partial charge in [0.2, 0.25) is 0 Å². The highest BCUT2D eigenvalue weighted by atomic mass is 32.2. The fourth-order valence-electron chi connectivity index (χ4n) is 4.20. The molecule has 0 radical (unpaired) electrons. The molecule has 8 nitrogen and oxygen atoms in total. The molecule has 0 spiro atoms. The molecule has 0 bridgehead atoms. The Morgan fingerprint density at radius 1 is 1.10 bits per heavy atom. The first-order valence-electron chi connectivity index (χ1n) is 10.1. The predicted molar refractivity (Wildman–Crippen MR) is 118 cm³/mol. The van der Waals surface area contributed by atoms with Crippen LogP contribution in [0, 0.1) is 0 Å². The smallest absolute Gasteiger partial charge is 0.323 e. The molecular formula is C21H23N7OS. The summed E-state index contributed by atoms with van der Waals surface area (Å²) in [6.07, 6.45) is 9.26. The number of carbonyl (C=O) groups excluding carboxylic acids is 1. The third-order valence-electron chi connectivity index (χ3n) is 5.72. The summed E-state index contributed by atoms with van der Waals surface area (Å²) in [4.78, 5) is 35.2. The number of urea groups is 1. The van der Waals surface area contributed by atoms with Crippen LogP contribution in [0.15, 0.2) is 35.9 Å². The van der Waals surface area contributed by atoms with Crippen LogP contribution in [-0.2, 0) is 6.54 Å². The molecule has 3 aromatic heterocycles. The first kappa shape index (κ1) is 19.2. The lowest BCUT2D eigenvalue weighted by molar-refractivity contribution is 0.205. The van der Waals surface area contributed by atoms with E-state index in [1.54, 1.807) is 17.3 Å². The lowest BCUT2D eigenvalue weighted by Crippen LogP contribution is -2.53. The first-order chi connectivity index (χ1) is 14.7.